The fourth-order valence-corrected chi connectivity index (χ4v) is 1.98. The van der Waals surface area contributed by atoms with E-state index >= 15 is 0 Å². The molecule has 2 aromatic rings. The van der Waals surface area contributed by atoms with Crippen LogP contribution in [0.25, 0.3) is 5.69 Å². The Balaban J connectivity index is 2.46. The summed E-state index contributed by atoms with van der Waals surface area (Å²) >= 11 is 6.04. The number of aromatic nitrogens is 2. The first kappa shape index (κ1) is 12.1. The van der Waals surface area contributed by atoms with Crippen LogP contribution >= 0.6 is 11.6 Å². The molecule has 0 spiro atoms. The van der Waals surface area contributed by atoms with Crippen molar-refractivity contribution in [2.75, 3.05) is 0 Å². The third-order valence-electron chi connectivity index (χ3n) is 2.55. The average molecular weight is 250 g/mol. The van der Waals surface area contributed by atoms with E-state index in [0.29, 0.717) is 5.02 Å². The molecule has 90 valence electrons. The zero-order valence-electron chi connectivity index (χ0n) is 10.0. The molecule has 0 radical (unpaired) electrons. The third kappa shape index (κ3) is 2.87. The van der Waals surface area contributed by atoms with E-state index in [9.17, 15) is 0 Å². The molecule has 0 aliphatic carbocycles. The van der Waals surface area contributed by atoms with Crippen LogP contribution in [0.1, 0.15) is 18.1 Å². The fraction of sp³-hybridized carbons (Fsp3) is 0.308. The van der Waals surface area contributed by atoms with E-state index in [1.165, 1.54) is 0 Å². The normalized spacial score (nSPS) is 12.7. The Labute approximate surface area is 106 Å². The van der Waals surface area contributed by atoms with Crippen molar-refractivity contribution in [1.29, 1.82) is 0 Å². The van der Waals surface area contributed by atoms with Gasteiger partial charge in [-0.25, -0.2) is 4.68 Å². The summed E-state index contributed by atoms with van der Waals surface area (Å²) in [5, 5.41) is 5.02. The van der Waals surface area contributed by atoms with Crippen LogP contribution in [0, 0.1) is 6.92 Å². The standard InChI is InChI=1S/C13H16ClN3/c1-9-7-16-17(8-9)13-6-12(14)4-3-11(13)5-10(2)15/h3-4,6-8,10H,5,15H2,1-2H3. The van der Waals surface area contributed by atoms with E-state index in [1.54, 1.807) is 0 Å². The van der Waals surface area contributed by atoms with Crippen molar-refractivity contribution >= 4 is 11.6 Å². The van der Waals surface area contributed by atoms with E-state index < -0.39 is 0 Å². The van der Waals surface area contributed by atoms with Crippen molar-refractivity contribution in [3.05, 3.63) is 46.7 Å². The lowest BCUT2D eigenvalue weighted by Gasteiger charge is -2.12. The summed E-state index contributed by atoms with van der Waals surface area (Å²) in [6.45, 7) is 4.01. The highest BCUT2D eigenvalue weighted by Crippen LogP contribution is 2.21. The molecule has 1 heterocycles. The predicted molar refractivity (Wildman–Crippen MR) is 70.7 cm³/mol. The van der Waals surface area contributed by atoms with E-state index in [-0.39, 0.29) is 6.04 Å². The molecule has 2 rings (SSSR count). The molecular formula is C13H16ClN3. The highest BCUT2D eigenvalue weighted by atomic mass is 35.5. The van der Waals surface area contributed by atoms with Gasteiger partial charge in [0.25, 0.3) is 0 Å². The molecule has 1 aromatic carbocycles. The molecular weight excluding hydrogens is 234 g/mol. The molecule has 0 saturated carbocycles. The van der Waals surface area contributed by atoms with Crippen molar-refractivity contribution in [3.8, 4) is 5.69 Å². The minimum absolute atomic E-state index is 0.117. The number of nitrogens with zero attached hydrogens (tertiary/aromatic N) is 2. The molecule has 1 atom stereocenters. The molecule has 1 unspecified atom stereocenters. The quantitative estimate of drug-likeness (QED) is 0.909. The van der Waals surface area contributed by atoms with Crippen LogP contribution < -0.4 is 5.73 Å². The molecule has 3 nitrogen and oxygen atoms in total. The van der Waals surface area contributed by atoms with Gasteiger partial charge in [0.2, 0.25) is 0 Å². The summed E-state index contributed by atoms with van der Waals surface area (Å²) in [5.74, 6) is 0. The van der Waals surface area contributed by atoms with Crippen LogP contribution in [-0.4, -0.2) is 15.8 Å². The second-order valence-corrected chi connectivity index (χ2v) is 4.85. The number of hydrogen-bond acceptors (Lipinski definition) is 2. The van der Waals surface area contributed by atoms with Gasteiger partial charge in [-0.3, -0.25) is 0 Å². The van der Waals surface area contributed by atoms with Gasteiger partial charge in [-0.1, -0.05) is 17.7 Å². The minimum Gasteiger partial charge on any atom is -0.328 e. The van der Waals surface area contributed by atoms with Gasteiger partial charge < -0.3 is 5.73 Å². The minimum atomic E-state index is 0.117. The van der Waals surface area contributed by atoms with Crippen LogP contribution in [0.2, 0.25) is 5.02 Å². The summed E-state index contributed by atoms with van der Waals surface area (Å²) in [6.07, 6.45) is 4.62. The summed E-state index contributed by atoms with van der Waals surface area (Å²) in [7, 11) is 0. The number of halogens is 1. The van der Waals surface area contributed by atoms with Crippen LogP contribution in [0.5, 0.6) is 0 Å². The Hall–Kier alpha value is -1.32. The topological polar surface area (TPSA) is 43.8 Å². The van der Waals surface area contributed by atoms with Gasteiger partial charge in [0, 0.05) is 17.3 Å². The van der Waals surface area contributed by atoms with Crippen molar-refractivity contribution in [1.82, 2.24) is 9.78 Å². The van der Waals surface area contributed by atoms with Crippen molar-refractivity contribution in [3.63, 3.8) is 0 Å². The lowest BCUT2D eigenvalue weighted by atomic mass is 10.1. The third-order valence-corrected chi connectivity index (χ3v) is 2.78. The zero-order chi connectivity index (χ0) is 12.4. The number of benzene rings is 1. The maximum Gasteiger partial charge on any atom is 0.0693 e. The summed E-state index contributed by atoms with van der Waals surface area (Å²) in [4.78, 5) is 0. The number of rotatable bonds is 3. The van der Waals surface area contributed by atoms with Crippen LogP contribution in [0.4, 0.5) is 0 Å². The van der Waals surface area contributed by atoms with E-state index in [4.69, 9.17) is 17.3 Å². The van der Waals surface area contributed by atoms with Crippen molar-refractivity contribution < 1.29 is 0 Å². The zero-order valence-corrected chi connectivity index (χ0v) is 10.8. The van der Waals surface area contributed by atoms with E-state index in [0.717, 1.165) is 23.2 Å². The van der Waals surface area contributed by atoms with Gasteiger partial charge in [0.05, 0.1) is 11.9 Å². The Morgan fingerprint density at radius 2 is 2.24 bits per heavy atom. The maximum atomic E-state index is 6.04. The van der Waals surface area contributed by atoms with E-state index in [2.05, 4.69) is 5.10 Å². The van der Waals surface area contributed by atoms with Gasteiger partial charge in [0.15, 0.2) is 0 Å². The Morgan fingerprint density at radius 1 is 1.47 bits per heavy atom. The second kappa shape index (κ2) is 4.90. The molecule has 2 N–H and O–H groups in total. The van der Waals surface area contributed by atoms with Gasteiger partial charge in [-0.05, 0) is 43.5 Å². The fourth-order valence-electron chi connectivity index (χ4n) is 1.81. The number of hydrogen-bond donors (Lipinski definition) is 1. The first-order chi connectivity index (χ1) is 8.06. The molecule has 0 aliphatic heterocycles. The summed E-state index contributed by atoms with van der Waals surface area (Å²) in [6, 6.07) is 5.94. The highest BCUT2D eigenvalue weighted by Gasteiger charge is 2.08. The Morgan fingerprint density at radius 3 is 2.82 bits per heavy atom. The lowest BCUT2D eigenvalue weighted by Crippen LogP contribution is -2.19. The highest BCUT2D eigenvalue weighted by molar-refractivity contribution is 6.30. The van der Waals surface area contributed by atoms with Gasteiger partial charge in [-0.15, -0.1) is 0 Å². The molecule has 1 aromatic heterocycles. The Bertz CT molecular complexity index is 517. The second-order valence-electron chi connectivity index (χ2n) is 4.42. The van der Waals surface area contributed by atoms with Crippen molar-refractivity contribution in [2.24, 2.45) is 5.73 Å². The summed E-state index contributed by atoms with van der Waals surface area (Å²) < 4.78 is 1.85. The molecule has 4 heteroatoms. The molecule has 17 heavy (non-hydrogen) atoms. The van der Waals surface area contributed by atoms with Crippen LogP contribution in [-0.2, 0) is 6.42 Å². The SMILES string of the molecule is Cc1cnn(-c2cc(Cl)ccc2CC(C)N)c1. The predicted octanol–water partition coefficient (Wildman–Crippen LogP) is 2.72. The van der Waals surface area contributed by atoms with Gasteiger partial charge >= 0.3 is 0 Å². The molecule has 0 bridgehead atoms. The van der Waals surface area contributed by atoms with Crippen molar-refractivity contribution in [2.45, 2.75) is 26.3 Å². The monoisotopic (exact) mass is 249 g/mol. The van der Waals surface area contributed by atoms with Gasteiger partial charge in [0.1, 0.15) is 0 Å². The maximum absolute atomic E-state index is 6.04. The molecule has 0 saturated heterocycles. The van der Waals surface area contributed by atoms with Crippen LogP contribution in [0.3, 0.4) is 0 Å². The summed E-state index contributed by atoms with van der Waals surface area (Å²) in [5.41, 5.74) is 9.14. The first-order valence-corrected chi connectivity index (χ1v) is 5.99. The number of nitrogens with two attached hydrogens (primary N) is 1. The van der Waals surface area contributed by atoms with Gasteiger partial charge in [-0.2, -0.15) is 5.10 Å². The van der Waals surface area contributed by atoms with Crippen LogP contribution in [0.15, 0.2) is 30.6 Å². The number of aryl methyl sites for hydroxylation is 1. The average Bonchev–Trinajstić information content (AvgIpc) is 2.67. The molecule has 0 fully saturated rings. The van der Waals surface area contributed by atoms with E-state index in [1.807, 2.05) is 49.1 Å². The largest absolute Gasteiger partial charge is 0.328 e. The molecule has 0 aliphatic rings. The molecule has 0 amide bonds. The lowest BCUT2D eigenvalue weighted by molar-refractivity contribution is 0.727. The Kier molecular flexibility index (Phi) is 3.50. The smallest absolute Gasteiger partial charge is 0.0693 e. The first-order valence-electron chi connectivity index (χ1n) is 5.62.